The molecule has 2 heterocycles. The summed E-state index contributed by atoms with van der Waals surface area (Å²) < 4.78 is 2.21. The zero-order valence-electron chi connectivity index (χ0n) is 13.3. The second-order valence-corrected chi connectivity index (χ2v) is 6.96. The largest absolute Gasteiger partial charge is 0.367 e. The lowest BCUT2D eigenvalue weighted by atomic mass is 9.86. The molecule has 0 saturated heterocycles. The van der Waals surface area contributed by atoms with E-state index in [1.165, 1.54) is 75.7 Å². The molecule has 0 radical (unpaired) electrons. The lowest BCUT2D eigenvalue weighted by molar-refractivity contribution is 0.435. The number of nitrogens with zero attached hydrogens (tertiary/aromatic N) is 3. The molecular formula is C18H26N4. The highest BCUT2D eigenvalue weighted by Gasteiger charge is 2.25. The molecule has 0 bridgehead atoms. The lowest BCUT2D eigenvalue weighted by Gasteiger charge is -2.26. The van der Waals surface area contributed by atoms with Gasteiger partial charge in [0, 0.05) is 24.4 Å². The Bertz CT molecular complexity index is 621. The third-order valence-electron chi connectivity index (χ3n) is 5.40. The van der Waals surface area contributed by atoms with Crippen molar-refractivity contribution in [1.82, 2.24) is 14.4 Å². The Kier molecular flexibility index (Phi) is 4.00. The Morgan fingerprint density at radius 3 is 2.45 bits per heavy atom. The quantitative estimate of drug-likeness (QED) is 0.905. The Morgan fingerprint density at radius 2 is 1.68 bits per heavy atom. The number of anilines is 1. The SMILES string of the molecule is c1cn2c(NC3CCCCC3)c(C3CCCCC3)nc2cn1. The molecule has 2 saturated carbocycles. The van der Waals surface area contributed by atoms with Crippen LogP contribution in [0.3, 0.4) is 0 Å². The van der Waals surface area contributed by atoms with Gasteiger partial charge in [0.15, 0.2) is 5.65 Å². The van der Waals surface area contributed by atoms with Gasteiger partial charge < -0.3 is 5.32 Å². The van der Waals surface area contributed by atoms with Crippen LogP contribution in [0.4, 0.5) is 5.82 Å². The van der Waals surface area contributed by atoms with Gasteiger partial charge in [0.25, 0.3) is 0 Å². The van der Waals surface area contributed by atoms with Crippen molar-refractivity contribution in [3.05, 3.63) is 24.3 Å². The fourth-order valence-electron chi connectivity index (χ4n) is 4.17. The van der Waals surface area contributed by atoms with Crippen molar-refractivity contribution in [3.8, 4) is 0 Å². The number of rotatable bonds is 3. The third kappa shape index (κ3) is 2.71. The number of aromatic nitrogens is 3. The molecule has 2 aromatic rings. The molecule has 4 nitrogen and oxygen atoms in total. The summed E-state index contributed by atoms with van der Waals surface area (Å²) in [6.45, 7) is 0. The number of fused-ring (bicyclic) bond motifs is 1. The molecule has 0 spiro atoms. The number of imidazole rings is 1. The van der Waals surface area contributed by atoms with Crippen LogP contribution in [0.1, 0.15) is 75.8 Å². The number of hydrogen-bond acceptors (Lipinski definition) is 3. The Labute approximate surface area is 132 Å². The van der Waals surface area contributed by atoms with Gasteiger partial charge in [0.05, 0.1) is 11.9 Å². The summed E-state index contributed by atoms with van der Waals surface area (Å²) in [6, 6.07) is 0.615. The summed E-state index contributed by atoms with van der Waals surface area (Å²) >= 11 is 0. The summed E-state index contributed by atoms with van der Waals surface area (Å²) in [5, 5.41) is 3.84. The Balaban J connectivity index is 1.69. The van der Waals surface area contributed by atoms with E-state index in [9.17, 15) is 0 Å². The van der Waals surface area contributed by atoms with Crippen molar-refractivity contribution < 1.29 is 0 Å². The van der Waals surface area contributed by atoms with Gasteiger partial charge in [-0.25, -0.2) is 4.98 Å². The predicted molar refractivity (Wildman–Crippen MR) is 89.3 cm³/mol. The van der Waals surface area contributed by atoms with Gasteiger partial charge in [-0.2, -0.15) is 0 Å². The van der Waals surface area contributed by atoms with Gasteiger partial charge in [0.2, 0.25) is 0 Å². The molecule has 2 fully saturated rings. The first kappa shape index (κ1) is 14.0. The molecule has 1 N–H and O–H groups in total. The minimum absolute atomic E-state index is 0.615. The van der Waals surface area contributed by atoms with Crippen LogP contribution in [-0.4, -0.2) is 20.4 Å². The maximum absolute atomic E-state index is 4.94. The molecular weight excluding hydrogens is 272 g/mol. The first-order chi connectivity index (χ1) is 10.9. The lowest BCUT2D eigenvalue weighted by Crippen LogP contribution is -2.24. The molecule has 4 rings (SSSR count). The second-order valence-electron chi connectivity index (χ2n) is 6.96. The second kappa shape index (κ2) is 6.27. The van der Waals surface area contributed by atoms with E-state index >= 15 is 0 Å². The van der Waals surface area contributed by atoms with E-state index in [0.29, 0.717) is 12.0 Å². The standard InChI is InChI=1S/C18H26N4/c1-3-7-14(8-4-1)17-18(20-15-9-5-2-6-10-15)22-12-11-19-13-16(22)21-17/h11-15,20H,1-10H2. The summed E-state index contributed by atoms with van der Waals surface area (Å²) in [5.41, 5.74) is 2.28. The molecule has 4 heteroatoms. The molecule has 22 heavy (non-hydrogen) atoms. The van der Waals surface area contributed by atoms with Crippen molar-refractivity contribution in [2.75, 3.05) is 5.32 Å². The molecule has 0 amide bonds. The molecule has 2 aromatic heterocycles. The zero-order chi connectivity index (χ0) is 14.8. The average Bonchev–Trinajstić information content (AvgIpc) is 2.95. The topological polar surface area (TPSA) is 42.2 Å². The van der Waals surface area contributed by atoms with E-state index in [4.69, 9.17) is 4.98 Å². The molecule has 0 aromatic carbocycles. The normalized spacial score (nSPS) is 21.3. The van der Waals surface area contributed by atoms with Crippen molar-refractivity contribution in [2.45, 2.75) is 76.2 Å². The molecule has 0 aliphatic heterocycles. The summed E-state index contributed by atoms with van der Waals surface area (Å²) in [4.78, 5) is 9.19. The zero-order valence-corrected chi connectivity index (χ0v) is 13.3. The van der Waals surface area contributed by atoms with Gasteiger partial charge in [-0.1, -0.05) is 38.5 Å². The molecule has 0 atom stereocenters. The highest BCUT2D eigenvalue weighted by Crippen LogP contribution is 2.37. The van der Waals surface area contributed by atoms with Crippen molar-refractivity contribution in [1.29, 1.82) is 0 Å². The maximum Gasteiger partial charge on any atom is 0.157 e. The minimum atomic E-state index is 0.615. The van der Waals surface area contributed by atoms with E-state index in [1.54, 1.807) is 0 Å². The van der Waals surface area contributed by atoms with Gasteiger partial charge in [-0.3, -0.25) is 9.38 Å². The van der Waals surface area contributed by atoms with Crippen molar-refractivity contribution in [3.63, 3.8) is 0 Å². The van der Waals surface area contributed by atoms with Crippen molar-refractivity contribution in [2.24, 2.45) is 0 Å². The van der Waals surface area contributed by atoms with Crippen LogP contribution in [0.15, 0.2) is 18.6 Å². The first-order valence-corrected chi connectivity index (χ1v) is 9.00. The molecule has 118 valence electrons. The monoisotopic (exact) mass is 298 g/mol. The van der Waals surface area contributed by atoms with Gasteiger partial charge in [-0.15, -0.1) is 0 Å². The highest BCUT2D eigenvalue weighted by atomic mass is 15.2. The first-order valence-electron chi connectivity index (χ1n) is 9.00. The van der Waals surface area contributed by atoms with E-state index in [1.807, 2.05) is 12.4 Å². The smallest absolute Gasteiger partial charge is 0.157 e. The maximum atomic E-state index is 4.94. The minimum Gasteiger partial charge on any atom is -0.367 e. The summed E-state index contributed by atoms with van der Waals surface area (Å²) in [7, 11) is 0. The number of nitrogens with one attached hydrogen (secondary N) is 1. The average molecular weight is 298 g/mol. The van der Waals surface area contributed by atoms with Crippen LogP contribution in [0.2, 0.25) is 0 Å². The molecule has 2 aliphatic carbocycles. The Morgan fingerprint density at radius 1 is 0.955 bits per heavy atom. The van der Waals surface area contributed by atoms with Crippen LogP contribution in [0.5, 0.6) is 0 Å². The fourth-order valence-corrected chi connectivity index (χ4v) is 4.17. The van der Waals surface area contributed by atoms with Crippen LogP contribution < -0.4 is 5.32 Å². The molecule has 0 unspecified atom stereocenters. The predicted octanol–water partition coefficient (Wildman–Crippen LogP) is 4.52. The Hall–Kier alpha value is -1.58. The van der Waals surface area contributed by atoms with Gasteiger partial charge >= 0.3 is 0 Å². The van der Waals surface area contributed by atoms with Crippen LogP contribution >= 0.6 is 0 Å². The molecule has 2 aliphatic rings. The van der Waals surface area contributed by atoms with E-state index in [0.717, 1.165) is 5.65 Å². The van der Waals surface area contributed by atoms with E-state index in [2.05, 4.69) is 20.9 Å². The van der Waals surface area contributed by atoms with E-state index < -0.39 is 0 Å². The van der Waals surface area contributed by atoms with E-state index in [-0.39, 0.29) is 0 Å². The van der Waals surface area contributed by atoms with Crippen LogP contribution in [-0.2, 0) is 0 Å². The highest BCUT2D eigenvalue weighted by molar-refractivity contribution is 5.56. The van der Waals surface area contributed by atoms with Gasteiger partial charge in [-0.05, 0) is 25.7 Å². The van der Waals surface area contributed by atoms with Crippen LogP contribution in [0, 0.1) is 0 Å². The summed E-state index contributed by atoms with van der Waals surface area (Å²) in [5.74, 6) is 1.87. The van der Waals surface area contributed by atoms with Crippen molar-refractivity contribution >= 4 is 11.5 Å². The summed E-state index contributed by atoms with van der Waals surface area (Å²) in [6.07, 6.45) is 19.2. The third-order valence-corrected chi connectivity index (χ3v) is 5.40. The fraction of sp³-hybridized carbons (Fsp3) is 0.667. The number of hydrogen-bond donors (Lipinski definition) is 1. The van der Waals surface area contributed by atoms with Crippen LogP contribution in [0.25, 0.3) is 5.65 Å². The van der Waals surface area contributed by atoms with Gasteiger partial charge in [0.1, 0.15) is 5.82 Å².